The van der Waals surface area contributed by atoms with E-state index >= 15 is 0 Å². The van der Waals surface area contributed by atoms with E-state index in [2.05, 4.69) is 4.74 Å². The zero-order valence-corrected chi connectivity index (χ0v) is 12.3. The fourth-order valence-corrected chi connectivity index (χ4v) is 1.67. The summed E-state index contributed by atoms with van der Waals surface area (Å²) in [5.41, 5.74) is 1.90. The summed E-state index contributed by atoms with van der Waals surface area (Å²) >= 11 is 0. The van der Waals surface area contributed by atoms with Gasteiger partial charge in [-0.1, -0.05) is 12.1 Å². The average molecular weight is 292 g/mol. The van der Waals surface area contributed by atoms with Crippen molar-refractivity contribution in [3.05, 3.63) is 41.5 Å². The summed E-state index contributed by atoms with van der Waals surface area (Å²) in [4.78, 5) is 22.0. The van der Waals surface area contributed by atoms with E-state index in [-0.39, 0.29) is 0 Å². The number of phenols is 1. The van der Waals surface area contributed by atoms with Gasteiger partial charge in [-0.15, -0.1) is 0 Å². The van der Waals surface area contributed by atoms with Crippen LogP contribution in [-0.4, -0.2) is 30.8 Å². The van der Waals surface area contributed by atoms with Gasteiger partial charge >= 0.3 is 11.9 Å². The van der Waals surface area contributed by atoms with E-state index in [1.165, 1.54) is 7.11 Å². The topological polar surface area (TPSA) is 72.8 Å². The Morgan fingerprint density at radius 2 is 1.90 bits per heavy atom. The molecule has 1 rings (SSSR count). The van der Waals surface area contributed by atoms with E-state index < -0.39 is 11.9 Å². The van der Waals surface area contributed by atoms with Crippen LogP contribution in [0.2, 0.25) is 0 Å². The van der Waals surface area contributed by atoms with E-state index in [0.717, 1.165) is 36.1 Å². The molecule has 0 heterocycles. The number of carbonyl (C=O) groups is 2. The fourth-order valence-electron chi connectivity index (χ4n) is 1.67. The Hall–Kier alpha value is -2.30. The molecule has 1 N–H and O–H groups in total. The number of hydrogen-bond acceptors (Lipinski definition) is 5. The lowest BCUT2D eigenvalue weighted by molar-refractivity contribution is -0.139. The second kappa shape index (κ2) is 8.79. The van der Waals surface area contributed by atoms with Crippen molar-refractivity contribution in [2.75, 3.05) is 13.7 Å². The molecule has 1 aromatic carbocycles. The molecule has 5 heteroatoms. The number of carbonyl (C=O) groups excluding carboxylic acids is 2. The summed E-state index contributed by atoms with van der Waals surface area (Å²) in [5.74, 6) is -0.855. The number of benzene rings is 1. The first kappa shape index (κ1) is 16.8. The number of aryl methyl sites for hydroxylation is 2. The molecular formula is C16H20O5. The highest BCUT2D eigenvalue weighted by Crippen LogP contribution is 2.18. The largest absolute Gasteiger partial charge is 0.508 e. The van der Waals surface area contributed by atoms with Gasteiger partial charge in [0.2, 0.25) is 0 Å². The monoisotopic (exact) mass is 292 g/mol. The summed E-state index contributed by atoms with van der Waals surface area (Å²) in [5, 5.41) is 9.59. The minimum atomic E-state index is -0.592. The molecule has 0 radical (unpaired) electrons. The van der Waals surface area contributed by atoms with E-state index in [9.17, 15) is 14.7 Å². The zero-order chi connectivity index (χ0) is 15.7. The van der Waals surface area contributed by atoms with Gasteiger partial charge in [0.05, 0.1) is 13.7 Å². The Morgan fingerprint density at radius 1 is 1.19 bits per heavy atom. The Morgan fingerprint density at radius 3 is 2.57 bits per heavy atom. The number of rotatable bonds is 7. The predicted molar refractivity (Wildman–Crippen MR) is 77.9 cm³/mol. The van der Waals surface area contributed by atoms with Crippen molar-refractivity contribution in [3.63, 3.8) is 0 Å². The third-order valence-corrected chi connectivity index (χ3v) is 2.93. The molecule has 0 aromatic heterocycles. The molecule has 1 aromatic rings. The number of hydrogen-bond donors (Lipinski definition) is 1. The molecule has 0 fully saturated rings. The van der Waals surface area contributed by atoms with Crippen LogP contribution in [0.15, 0.2) is 30.4 Å². The first-order valence-corrected chi connectivity index (χ1v) is 6.74. The molecule has 114 valence electrons. The van der Waals surface area contributed by atoms with E-state index in [4.69, 9.17) is 4.74 Å². The lowest BCUT2D eigenvalue weighted by Gasteiger charge is -2.05. The van der Waals surface area contributed by atoms with Crippen molar-refractivity contribution < 1.29 is 24.2 Å². The van der Waals surface area contributed by atoms with Crippen LogP contribution in [0.4, 0.5) is 0 Å². The number of phenolic OH excluding ortho intramolecular Hbond substituents is 1. The van der Waals surface area contributed by atoms with Crippen LogP contribution in [0.3, 0.4) is 0 Å². The average Bonchev–Trinajstić information content (AvgIpc) is 2.48. The van der Waals surface area contributed by atoms with Crippen molar-refractivity contribution in [2.45, 2.75) is 26.2 Å². The first-order valence-electron chi connectivity index (χ1n) is 6.74. The lowest BCUT2D eigenvalue weighted by Crippen LogP contribution is -2.04. The number of methoxy groups -OCH3 is 1. The van der Waals surface area contributed by atoms with Gasteiger partial charge in [-0.25, -0.2) is 9.59 Å². The quantitative estimate of drug-likeness (QED) is 0.474. The minimum Gasteiger partial charge on any atom is -0.508 e. The van der Waals surface area contributed by atoms with E-state index in [1.807, 2.05) is 19.1 Å². The minimum absolute atomic E-state index is 0.294. The third-order valence-electron chi connectivity index (χ3n) is 2.93. The van der Waals surface area contributed by atoms with Gasteiger partial charge in [-0.3, -0.25) is 0 Å². The Balaban J connectivity index is 2.19. The van der Waals surface area contributed by atoms with Gasteiger partial charge in [0.1, 0.15) is 5.75 Å². The van der Waals surface area contributed by atoms with Gasteiger partial charge in [0, 0.05) is 12.2 Å². The molecule has 5 nitrogen and oxygen atoms in total. The Labute approximate surface area is 124 Å². The maximum atomic E-state index is 11.2. The molecule has 0 atom stereocenters. The molecular weight excluding hydrogens is 272 g/mol. The van der Waals surface area contributed by atoms with Crippen molar-refractivity contribution in [1.29, 1.82) is 0 Å². The number of unbranched alkanes of at least 4 members (excludes halogenated alkanes) is 1. The molecule has 0 aliphatic heterocycles. The summed E-state index contributed by atoms with van der Waals surface area (Å²) < 4.78 is 9.29. The zero-order valence-electron chi connectivity index (χ0n) is 12.3. The van der Waals surface area contributed by atoms with Crippen LogP contribution in [0.5, 0.6) is 5.75 Å². The molecule has 0 saturated heterocycles. The van der Waals surface area contributed by atoms with E-state index in [0.29, 0.717) is 18.8 Å². The van der Waals surface area contributed by atoms with Gasteiger partial charge in [0.25, 0.3) is 0 Å². The second-order valence-corrected chi connectivity index (χ2v) is 4.60. The van der Waals surface area contributed by atoms with Crippen LogP contribution in [0.1, 0.15) is 24.0 Å². The van der Waals surface area contributed by atoms with Gasteiger partial charge in [-0.2, -0.15) is 0 Å². The smallest absolute Gasteiger partial charge is 0.331 e. The maximum absolute atomic E-state index is 11.2. The summed E-state index contributed by atoms with van der Waals surface area (Å²) in [6.07, 6.45) is 4.44. The van der Waals surface area contributed by atoms with Crippen LogP contribution in [0, 0.1) is 6.92 Å². The van der Waals surface area contributed by atoms with Crippen molar-refractivity contribution in [2.24, 2.45) is 0 Å². The van der Waals surface area contributed by atoms with Crippen molar-refractivity contribution >= 4 is 11.9 Å². The van der Waals surface area contributed by atoms with Crippen LogP contribution in [0.25, 0.3) is 0 Å². The molecule has 0 spiro atoms. The molecule has 0 saturated carbocycles. The lowest BCUT2D eigenvalue weighted by atomic mass is 10.1. The van der Waals surface area contributed by atoms with Gasteiger partial charge in [0.15, 0.2) is 0 Å². The molecule has 0 bridgehead atoms. The number of esters is 2. The summed E-state index contributed by atoms with van der Waals surface area (Å²) in [6.45, 7) is 2.14. The second-order valence-electron chi connectivity index (χ2n) is 4.60. The third kappa shape index (κ3) is 6.61. The summed E-state index contributed by atoms with van der Waals surface area (Å²) in [6, 6.07) is 5.60. The SMILES string of the molecule is COC(=O)/C=C/C(=O)OCCCCc1ccc(C)c(O)c1. The first-order chi connectivity index (χ1) is 10.0. The highest BCUT2D eigenvalue weighted by molar-refractivity contribution is 5.91. The van der Waals surface area contributed by atoms with E-state index in [1.54, 1.807) is 6.07 Å². The predicted octanol–water partition coefficient (Wildman–Crippen LogP) is 2.30. The Bertz CT molecular complexity index is 519. The molecule has 0 unspecified atom stereocenters. The molecule has 0 amide bonds. The number of aromatic hydroxyl groups is 1. The van der Waals surface area contributed by atoms with Crippen molar-refractivity contribution in [1.82, 2.24) is 0 Å². The van der Waals surface area contributed by atoms with Crippen LogP contribution < -0.4 is 0 Å². The van der Waals surface area contributed by atoms with Gasteiger partial charge < -0.3 is 14.6 Å². The molecule has 21 heavy (non-hydrogen) atoms. The maximum Gasteiger partial charge on any atom is 0.331 e. The molecule has 0 aliphatic rings. The number of ether oxygens (including phenoxy) is 2. The summed E-state index contributed by atoms with van der Waals surface area (Å²) in [7, 11) is 1.24. The van der Waals surface area contributed by atoms with Crippen LogP contribution in [-0.2, 0) is 25.5 Å². The van der Waals surface area contributed by atoms with Crippen molar-refractivity contribution in [3.8, 4) is 5.75 Å². The van der Waals surface area contributed by atoms with Crippen LogP contribution >= 0.6 is 0 Å². The highest BCUT2D eigenvalue weighted by Gasteiger charge is 2.01. The fraction of sp³-hybridized carbons (Fsp3) is 0.375. The van der Waals surface area contributed by atoms with Gasteiger partial charge in [-0.05, 0) is 43.4 Å². The highest BCUT2D eigenvalue weighted by atomic mass is 16.5. The Kier molecular flexibility index (Phi) is 7.01. The normalized spacial score (nSPS) is 10.6. The standard InChI is InChI=1S/C16H20O5/c1-12-6-7-13(11-14(12)17)5-3-4-10-21-16(19)9-8-15(18)20-2/h6-9,11,17H,3-5,10H2,1-2H3/b9-8+. The molecule has 0 aliphatic carbocycles.